The van der Waals surface area contributed by atoms with Crippen molar-refractivity contribution in [2.24, 2.45) is 0 Å². The van der Waals surface area contributed by atoms with Gasteiger partial charge >= 0.3 is 0 Å². The minimum atomic E-state index is -0.0533. The largest absolute Gasteiger partial charge is 0.380 e. The molecule has 0 unspecified atom stereocenters. The fraction of sp³-hybridized carbons (Fsp3) is 0.786. The molecule has 0 N–H and O–H groups in total. The molecule has 100 valence electrons. The van der Waals surface area contributed by atoms with Gasteiger partial charge in [-0.3, -0.25) is 0 Å². The molecule has 0 radical (unpaired) electrons. The highest BCUT2D eigenvalue weighted by Crippen LogP contribution is 2.27. The Morgan fingerprint density at radius 1 is 0.833 bits per heavy atom. The van der Waals surface area contributed by atoms with Crippen LogP contribution in [-0.2, 0) is 15.6 Å². The molecule has 2 rings (SSSR count). The van der Waals surface area contributed by atoms with Gasteiger partial charge in [0.1, 0.15) is 17.5 Å². The van der Waals surface area contributed by atoms with Gasteiger partial charge < -0.3 is 4.74 Å². The van der Waals surface area contributed by atoms with Crippen LogP contribution in [0.3, 0.4) is 0 Å². The lowest BCUT2D eigenvalue weighted by molar-refractivity contribution is 0.00438. The van der Waals surface area contributed by atoms with Gasteiger partial charge in [0.05, 0.1) is 19.1 Å². The predicted octanol–water partition coefficient (Wildman–Crippen LogP) is 2.58. The van der Waals surface area contributed by atoms with Crippen LogP contribution in [0.5, 0.6) is 0 Å². The molecule has 0 saturated carbocycles. The summed E-state index contributed by atoms with van der Waals surface area (Å²) in [6, 6.07) is 0. The number of rotatable bonds is 1. The summed E-state index contributed by atoms with van der Waals surface area (Å²) in [5.41, 5.74) is -0.107. The van der Waals surface area contributed by atoms with Crippen molar-refractivity contribution in [2.45, 2.75) is 58.3 Å². The van der Waals surface area contributed by atoms with Crippen LogP contribution in [0.1, 0.15) is 64.9 Å². The third kappa shape index (κ3) is 2.69. The van der Waals surface area contributed by atoms with E-state index in [4.69, 9.17) is 4.74 Å². The number of aromatic nitrogens is 3. The average molecular weight is 249 g/mol. The van der Waals surface area contributed by atoms with Crippen molar-refractivity contribution in [3.8, 4) is 0 Å². The Morgan fingerprint density at radius 2 is 1.28 bits per heavy atom. The van der Waals surface area contributed by atoms with Crippen LogP contribution < -0.4 is 0 Å². The molecule has 4 heteroatoms. The zero-order valence-corrected chi connectivity index (χ0v) is 12.2. The molecule has 0 aromatic carbocycles. The van der Waals surface area contributed by atoms with Crippen LogP contribution in [0.4, 0.5) is 0 Å². The fourth-order valence-electron chi connectivity index (χ4n) is 1.63. The zero-order valence-electron chi connectivity index (χ0n) is 12.2. The van der Waals surface area contributed by atoms with E-state index < -0.39 is 0 Å². The van der Waals surface area contributed by atoms with E-state index in [0.29, 0.717) is 5.92 Å². The summed E-state index contributed by atoms with van der Waals surface area (Å²) in [7, 11) is 0. The highest BCUT2D eigenvalue weighted by molar-refractivity contribution is 5.13. The number of nitrogens with zero attached hydrogens (tertiary/aromatic N) is 3. The first-order chi connectivity index (χ1) is 8.18. The second-order valence-electron chi connectivity index (χ2n) is 7.08. The van der Waals surface area contributed by atoms with Crippen LogP contribution in [0, 0.1) is 0 Å². The van der Waals surface area contributed by atoms with E-state index in [0.717, 1.165) is 30.7 Å². The van der Waals surface area contributed by atoms with E-state index in [1.807, 2.05) is 0 Å². The minimum Gasteiger partial charge on any atom is -0.380 e. The maximum absolute atomic E-state index is 5.24. The average Bonchev–Trinajstić information content (AvgIpc) is 2.11. The monoisotopic (exact) mass is 249 g/mol. The van der Waals surface area contributed by atoms with E-state index in [2.05, 4.69) is 56.5 Å². The van der Waals surface area contributed by atoms with Gasteiger partial charge in [0.15, 0.2) is 0 Å². The zero-order chi connectivity index (χ0) is 13.6. The lowest BCUT2D eigenvalue weighted by Crippen LogP contribution is -2.31. The molecule has 1 aromatic rings. The molecule has 0 aliphatic carbocycles. The normalized spacial score (nSPS) is 17.7. The molecule has 1 aromatic heterocycles. The number of ether oxygens (including phenoxy) is 1. The highest BCUT2D eigenvalue weighted by Gasteiger charge is 2.29. The third-order valence-corrected chi connectivity index (χ3v) is 3.00. The van der Waals surface area contributed by atoms with Gasteiger partial charge in [0, 0.05) is 10.8 Å². The van der Waals surface area contributed by atoms with Crippen LogP contribution in [-0.4, -0.2) is 28.2 Å². The van der Waals surface area contributed by atoms with Crippen molar-refractivity contribution in [3.05, 3.63) is 17.5 Å². The standard InChI is InChI=1S/C14H23N3O/c1-13(2,3)11-15-10(9-7-18-8-9)16-12(17-11)14(4,5)6/h9H,7-8H2,1-6H3. The Hall–Kier alpha value is -1.03. The summed E-state index contributed by atoms with van der Waals surface area (Å²) < 4.78 is 5.24. The van der Waals surface area contributed by atoms with Gasteiger partial charge in [-0.2, -0.15) is 0 Å². The van der Waals surface area contributed by atoms with Crippen molar-refractivity contribution in [3.63, 3.8) is 0 Å². The number of hydrogen-bond donors (Lipinski definition) is 0. The van der Waals surface area contributed by atoms with Crippen molar-refractivity contribution in [1.82, 2.24) is 15.0 Å². The summed E-state index contributed by atoms with van der Waals surface area (Å²) in [6.07, 6.45) is 0. The smallest absolute Gasteiger partial charge is 0.140 e. The Balaban J connectivity index is 2.48. The second-order valence-corrected chi connectivity index (χ2v) is 7.08. The molecule has 0 amide bonds. The lowest BCUT2D eigenvalue weighted by Gasteiger charge is -2.28. The van der Waals surface area contributed by atoms with E-state index in [1.165, 1.54) is 0 Å². The van der Waals surface area contributed by atoms with Crippen molar-refractivity contribution in [2.75, 3.05) is 13.2 Å². The first kappa shape index (κ1) is 13.4. The molecule has 0 atom stereocenters. The molecule has 1 saturated heterocycles. The third-order valence-electron chi connectivity index (χ3n) is 3.00. The lowest BCUT2D eigenvalue weighted by atomic mass is 9.92. The molecular weight excluding hydrogens is 226 g/mol. The maximum atomic E-state index is 5.24. The Morgan fingerprint density at radius 3 is 1.56 bits per heavy atom. The maximum Gasteiger partial charge on any atom is 0.140 e. The van der Waals surface area contributed by atoms with Gasteiger partial charge in [0.2, 0.25) is 0 Å². The van der Waals surface area contributed by atoms with Gasteiger partial charge in [-0.05, 0) is 0 Å². The molecular formula is C14H23N3O. The van der Waals surface area contributed by atoms with Crippen LogP contribution >= 0.6 is 0 Å². The number of hydrogen-bond acceptors (Lipinski definition) is 4. The Bertz CT molecular complexity index is 407. The van der Waals surface area contributed by atoms with Gasteiger partial charge in [-0.15, -0.1) is 0 Å². The van der Waals surface area contributed by atoms with Crippen LogP contribution in [0.15, 0.2) is 0 Å². The highest BCUT2D eigenvalue weighted by atomic mass is 16.5. The molecule has 2 heterocycles. The van der Waals surface area contributed by atoms with E-state index >= 15 is 0 Å². The molecule has 1 aliphatic heterocycles. The van der Waals surface area contributed by atoms with Gasteiger partial charge in [-0.1, -0.05) is 41.5 Å². The molecule has 1 fully saturated rings. The molecule has 0 bridgehead atoms. The predicted molar refractivity (Wildman–Crippen MR) is 70.8 cm³/mol. The summed E-state index contributed by atoms with van der Waals surface area (Å²) in [6.45, 7) is 14.3. The molecule has 0 spiro atoms. The van der Waals surface area contributed by atoms with Crippen LogP contribution in [0.25, 0.3) is 0 Å². The van der Waals surface area contributed by atoms with E-state index in [-0.39, 0.29) is 10.8 Å². The summed E-state index contributed by atoms with van der Waals surface area (Å²) >= 11 is 0. The van der Waals surface area contributed by atoms with Crippen LogP contribution in [0.2, 0.25) is 0 Å². The molecule has 18 heavy (non-hydrogen) atoms. The quantitative estimate of drug-likeness (QED) is 0.767. The first-order valence-corrected chi connectivity index (χ1v) is 6.52. The summed E-state index contributed by atoms with van der Waals surface area (Å²) in [5.74, 6) is 3.00. The fourth-order valence-corrected chi connectivity index (χ4v) is 1.63. The molecule has 1 aliphatic rings. The first-order valence-electron chi connectivity index (χ1n) is 6.52. The van der Waals surface area contributed by atoms with Crippen molar-refractivity contribution < 1.29 is 4.74 Å². The van der Waals surface area contributed by atoms with Crippen molar-refractivity contribution >= 4 is 0 Å². The van der Waals surface area contributed by atoms with Crippen molar-refractivity contribution in [1.29, 1.82) is 0 Å². The summed E-state index contributed by atoms with van der Waals surface area (Å²) in [4.78, 5) is 13.9. The van der Waals surface area contributed by atoms with Gasteiger partial charge in [0.25, 0.3) is 0 Å². The SMILES string of the molecule is CC(C)(C)c1nc(C2COC2)nc(C(C)(C)C)n1. The minimum absolute atomic E-state index is 0.0533. The van der Waals surface area contributed by atoms with Gasteiger partial charge in [-0.25, -0.2) is 15.0 Å². The van der Waals surface area contributed by atoms with E-state index in [9.17, 15) is 0 Å². The van der Waals surface area contributed by atoms with E-state index in [1.54, 1.807) is 0 Å². The molecule has 4 nitrogen and oxygen atoms in total. The Kier molecular flexibility index (Phi) is 3.18. The summed E-state index contributed by atoms with van der Waals surface area (Å²) in [5, 5.41) is 0. The Labute approximate surface area is 109 Å². The second kappa shape index (κ2) is 4.26. The topological polar surface area (TPSA) is 47.9 Å².